The Morgan fingerprint density at radius 3 is 2.42 bits per heavy atom. The number of ether oxygens (including phenoxy) is 3. The zero-order chi connectivity index (χ0) is 19.1. The summed E-state index contributed by atoms with van der Waals surface area (Å²) >= 11 is 1.49. The number of likely N-dealkylation sites (tertiary alicyclic amines) is 1. The van der Waals surface area contributed by atoms with E-state index in [1.807, 2.05) is 36.9 Å². The summed E-state index contributed by atoms with van der Waals surface area (Å²) in [5.74, 6) is 1.16. The van der Waals surface area contributed by atoms with E-state index in [-0.39, 0.29) is 23.0 Å². The first kappa shape index (κ1) is 20.4. The van der Waals surface area contributed by atoms with Gasteiger partial charge in [-0.15, -0.1) is 11.8 Å². The zero-order valence-corrected chi connectivity index (χ0v) is 16.6. The van der Waals surface area contributed by atoms with E-state index in [0.29, 0.717) is 44.0 Å². The molecule has 1 atom stereocenters. The van der Waals surface area contributed by atoms with E-state index < -0.39 is 0 Å². The zero-order valence-electron chi connectivity index (χ0n) is 15.8. The minimum Gasteiger partial charge on any atom is -0.493 e. The molecule has 0 spiro atoms. The van der Waals surface area contributed by atoms with Gasteiger partial charge in [0, 0.05) is 18.0 Å². The lowest BCUT2D eigenvalue weighted by Gasteiger charge is -2.32. The Bertz CT molecular complexity index is 628. The Balaban J connectivity index is 1.91. The van der Waals surface area contributed by atoms with E-state index in [9.17, 15) is 9.59 Å². The predicted molar refractivity (Wildman–Crippen MR) is 101 cm³/mol. The molecule has 1 aromatic rings. The van der Waals surface area contributed by atoms with E-state index in [1.165, 1.54) is 11.8 Å². The predicted octanol–water partition coefficient (Wildman–Crippen LogP) is 2.99. The topological polar surface area (TPSA) is 65.1 Å². The van der Waals surface area contributed by atoms with Crippen LogP contribution in [0, 0.1) is 5.92 Å². The highest BCUT2D eigenvalue weighted by Gasteiger charge is 2.30. The number of esters is 1. The van der Waals surface area contributed by atoms with Gasteiger partial charge in [-0.25, -0.2) is 0 Å². The Kier molecular flexibility index (Phi) is 7.63. The van der Waals surface area contributed by atoms with Crippen LogP contribution in [0.2, 0.25) is 0 Å². The molecule has 26 heavy (non-hydrogen) atoms. The molecule has 2 rings (SSSR count). The lowest BCUT2D eigenvalue weighted by atomic mass is 9.97. The molecule has 1 fully saturated rings. The number of hydrogen-bond acceptors (Lipinski definition) is 6. The van der Waals surface area contributed by atoms with Crippen molar-refractivity contribution in [1.82, 2.24) is 4.90 Å². The van der Waals surface area contributed by atoms with Crippen molar-refractivity contribution in [3.63, 3.8) is 0 Å². The van der Waals surface area contributed by atoms with Crippen molar-refractivity contribution in [1.29, 1.82) is 0 Å². The number of piperidine rings is 1. The van der Waals surface area contributed by atoms with Crippen LogP contribution in [-0.2, 0) is 14.3 Å². The molecule has 0 aromatic heterocycles. The molecule has 7 heteroatoms. The van der Waals surface area contributed by atoms with Gasteiger partial charge in [0.1, 0.15) is 0 Å². The summed E-state index contributed by atoms with van der Waals surface area (Å²) in [6.45, 7) is 5.31. The number of carbonyl (C=O) groups is 2. The molecule has 0 saturated carbocycles. The van der Waals surface area contributed by atoms with Crippen LogP contribution in [0.25, 0.3) is 0 Å². The number of carbonyl (C=O) groups excluding carboxylic acids is 2. The van der Waals surface area contributed by atoms with Crippen LogP contribution in [-0.4, -0.2) is 55.9 Å². The van der Waals surface area contributed by atoms with E-state index in [0.717, 1.165) is 4.90 Å². The van der Waals surface area contributed by atoms with Crippen molar-refractivity contribution >= 4 is 23.6 Å². The average molecular weight is 381 g/mol. The minimum absolute atomic E-state index is 0.0899. The summed E-state index contributed by atoms with van der Waals surface area (Å²) in [4.78, 5) is 27.3. The van der Waals surface area contributed by atoms with Gasteiger partial charge in [-0.2, -0.15) is 0 Å². The first-order valence-electron chi connectivity index (χ1n) is 8.84. The quantitative estimate of drug-likeness (QED) is 0.534. The maximum atomic E-state index is 12.7. The second-order valence-corrected chi connectivity index (χ2v) is 7.54. The highest BCUT2D eigenvalue weighted by molar-refractivity contribution is 8.00. The fraction of sp³-hybridized carbons (Fsp3) is 0.579. The van der Waals surface area contributed by atoms with Gasteiger partial charge in [0.2, 0.25) is 5.91 Å². The van der Waals surface area contributed by atoms with Crippen LogP contribution in [0.15, 0.2) is 23.1 Å². The second-order valence-electron chi connectivity index (χ2n) is 6.13. The number of thioether (sulfide) groups is 1. The number of hydrogen-bond donors (Lipinski definition) is 0. The highest BCUT2D eigenvalue weighted by Crippen LogP contribution is 2.34. The summed E-state index contributed by atoms with van der Waals surface area (Å²) in [7, 11) is 3.19. The second kappa shape index (κ2) is 9.71. The Morgan fingerprint density at radius 1 is 1.19 bits per heavy atom. The first-order chi connectivity index (χ1) is 12.5. The van der Waals surface area contributed by atoms with Crippen molar-refractivity contribution in [2.75, 3.05) is 33.9 Å². The van der Waals surface area contributed by atoms with Crippen LogP contribution in [0.3, 0.4) is 0 Å². The van der Waals surface area contributed by atoms with Gasteiger partial charge < -0.3 is 19.1 Å². The SMILES string of the molecule is CCOC(=O)C1CCN(C(=O)[C@H](C)Sc2ccc(OC)c(OC)c2)CC1. The molecule has 1 amide bonds. The average Bonchev–Trinajstić information content (AvgIpc) is 2.67. The van der Waals surface area contributed by atoms with E-state index in [1.54, 1.807) is 14.2 Å². The third-order valence-electron chi connectivity index (χ3n) is 4.44. The number of amides is 1. The van der Waals surface area contributed by atoms with E-state index in [4.69, 9.17) is 14.2 Å². The van der Waals surface area contributed by atoms with Crippen LogP contribution in [0.4, 0.5) is 0 Å². The van der Waals surface area contributed by atoms with Crippen LogP contribution < -0.4 is 9.47 Å². The van der Waals surface area contributed by atoms with Gasteiger partial charge in [-0.05, 0) is 44.9 Å². The van der Waals surface area contributed by atoms with Crippen molar-refractivity contribution in [2.24, 2.45) is 5.92 Å². The van der Waals surface area contributed by atoms with Gasteiger partial charge in [-0.3, -0.25) is 9.59 Å². The van der Waals surface area contributed by atoms with Crippen LogP contribution in [0.1, 0.15) is 26.7 Å². The normalized spacial score (nSPS) is 16.1. The van der Waals surface area contributed by atoms with Gasteiger partial charge >= 0.3 is 5.97 Å². The smallest absolute Gasteiger partial charge is 0.309 e. The minimum atomic E-state index is -0.216. The molecule has 1 heterocycles. The standard InChI is InChI=1S/C19H27NO5S/c1-5-25-19(22)14-8-10-20(11-9-14)18(21)13(2)26-15-6-7-16(23-3)17(12-15)24-4/h6-7,12-14H,5,8-11H2,1-4H3/t13-/m0/s1. The summed E-state index contributed by atoms with van der Waals surface area (Å²) in [5, 5.41) is -0.216. The number of methoxy groups -OCH3 is 2. The van der Waals surface area contributed by atoms with E-state index >= 15 is 0 Å². The molecule has 144 valence electrons. The van der Waals surface area contributed by atoms with Crippen molar-refractivity contribution in [3.05, 3.63) is 18.2 Å². The molecule has 0 bridgehead atoms. The summed E-state index contributed by atoms with van der Waals surface area (Å²) < 4.78 is 15.6. The number of benzene rings is 1. The summed E-state index contributed by atoms with van der Waals surface area (Å²) in [6.07, 6.45) is 1.33. The molecule has 1 aliphatic heterocycles. The highest BCUT2D eigenvalue weighted by atomic mass is 32.2. The molecular formula is C19H27NO5S. The maximum absolute atomic E-state index is 12.7. The van der Waals surface area contributed by atoms with Crippen LogP contribution in [0.5, 0.6) is 11.5 Å². The molecule has 0 N–H and O–H groups in total. The molecule has 1 saturated heterocycles. The Morgan fingerprint density at radius 2 is 1.85 bits per heavy atom. The van der Waals surface area contributed by atoms with Crippen molar-refractivity contribution in [2.45, 2.75) is 36.8 Å². The number of rotatable bonds is 7. The van der Waals surface area contributed by atoms with Crippen molar-refractivity contribution in [3.8, 4) is 11.5 Å². The third-order valence-corrected chi connectivity index (χ3v) is 5.52. The summed E-state index contributed by atoms with van der Waals surface area (Å²) in [6, 6.07) is 5.63. The molecule has 1 aromatic carbocycles. The molecule has 0 radical (unpaired) electrons. The molecule has 6 nitrogen and oxygen atoms in total. The fourth-order valence-electron chi connectivity index (χ4n) is 3.00. The third kappa shape index (κ3) is 5.06. The van der Waals surface area contributed by atoms with Crippen molar-refractivity contribution < 1.29 is 23.8 Å². The number of nitrogens with zero attached hydrogens (tertiary/aromatic N) is 1. The first-order valence-corrected chi connectivity index (χ1v) is 9.72. The molecule has 0 unspecified atom stereocenters. The summed E-state index contributed by atoms with van der Waals surface area (Å²) in [5.41, 5.74) is 0. The fourth-order valence-corrected chi connectivity index (χ4v) is 3.98. The maximum Gasteiger partial charge on any atom is 0.309 e. The molecular weight excluding hydrogens is 354 g/mol. The molecule has 1 aliphatic rings. The lowest BCUT2D eigenvalue weighted by molar-refractivity contribution is -0.151. The van der Waals surface area contributed by atoms with Gasteiger partial charge in [0.05, 0.1) is 32.0 Å². The van der Waals surface area contributed by atoms with Crippen LogP contribution >= 0.6 is 11.8 Å². The van der Waals surface area contributed by atoms with Gasteiger partial charge in [0.25, 0.3) is 0 Å². The Labute approximate surface area is 159 Å². The van der Waals surface area contributed by atoms with E-state index in [2.05, 4.69) is 0 Å². The molecule has 0 aliphatic carbocycles. The Hall–Kier alpha value is -1.89. The van der Waals surface area contributed by atoms with Gasteiger partial charge in [-0.1, -0.05) is 0 Å². The largest absolute Gasteiger partial charge is 0.493 e. The monoisotopic (exact) mass is 381 g/mol. The van der Waals surface area contributed by atoms with Gasteiger partial charge in [0.15, 0.2) is 11.5 Å². The lowest BCUT2D eigenvalue weighted by Crippen LogP contribution is -2.43.